The summed E-state index contributed by atoms with van der Waals surface area (Å²) in [6.45, 7) is 8.38. The van der Waals surface area contributed by atoms with Crippen LogP contribution in [0.2, 0.25) is 0 Å². The molecule has 1 aliphatic heterocycles. The number of benzene rings is 2. The summed E-state index contributed by atoms with van der Waals surface area (Å²) in [5.41, 5.74) is 3.79. The van der Waals surface area contributed by atoms with E-state index < -0.39 is 0 Å². The van der Waals surface area contributed by atoms with E-state index in [2.05, 4.69) is 34.2 Å². The van der Waals surface area contributed by atoms with Crippen molar-refractivity contribution in [2.24, 2.45) is 0 Å². The molecule has 6 nitrogen and oxygen atoms in total. The largest absolute Gasteiger partial charge is 0.496 e. The highest BCUT2D eigenvalue weighted by molar-refractivity contribution is 5.96. The molecule has 0 atom stereocenters. The van der Waals surface area contributed by atoms with Crippen LogP contribution in [0.5, 0.6) is 5.75 Å². The van der Waals surface area contributed by atoms with Crippen molar-refractivity contribution >= 4 is 17.4 Å². The average molecular weight is 396 g/mol. The van der Waals surface area contributed by atoms with Crippen LogP contribution in [-0.4, -0.2) is 61.3 Å². The first-order valence-corrected chi connectivity index (χ1v) is 9.93. The van der Waals surface area contributed by atoms with E-state index in [0.29, 0.717) is 17.8 Å². The predicted molar refractivity (Wildman–Crippen MR) is 115 cm³/mol. The molecule has 1 N–H and O–H groups in total. The smallest absolute Gasteiger partial charge is 0.238 e. The number of nitrogens with zero attached hydrogens (tertiary/aromatic N) is 2. The fraction of sp³-hybridized carbons (Fsp3) is 0.391. The van der Waals surface area contributed by atoms with E-state index in [0.717, 1.165) is 38.5 Å². The van der Waals surface area contributed by atoms with Gasteiger partial charge in [0, 0.05) is 49.5 Å². The lowest BCUT2D eigenvalue weighted by atomic mass is 10.1. The fourth-order valence-electron chi connectivity index (χ4n) is 3.57. The highest BCUT2D eigenvalue weighted by Gasteiger charge is 2.20. The summed E-state index contributed by atoms with van der Waals surface area (Å²) in [5, 5.41) is 2.91. The van der Waals surface area contributed by atoms with Crippen LogP contribution in [0.1, 0.15) is 28.4 Å². The molecule has 3 rings (SSSR count). The molecule has 0 aliphatic carbocycles. The molecule has 0 unspecified atom stereocenters. The predicted octanol–water partition coefficient (Wildman–Crippen LogP) is 2.96. The maximum Gasteiger partial charge on any atom is 0.238 e. The summed E-state index contributed by atoms with van der Waals surface area (Å²) in [7, 11) is 1.71. The van der Waals surface area contributed by atoms with E-state index in [1.54, 1.807) is 31.4 Å². The molecular formula is C23H29N3O3. The number of anilines is 1. The molecule has 0 spiro atoms. The standard InChI is InChI=1S/C23H29N3O3/c1-17-4-9-22(29-3)20(14-17)15-25-10-12-26(13-11-25)16-23(28)24-21-7-5-19(6-8-21)18(2)27/h4-9,14H,10-13,15-16H2,1-3H3,(H,24,28). The lowest BCUT2D eigenvalue weighted by molar-refractivity contribution is -0.117. The van der Waals surface area contributed by atoms with Gasteiger partial charge in [-0.15, -0.1) is 0 Å². The van der Waals surface area contributed by atoms with Gasteiger partial charge >= 0.3 is 0 Å². The van der Waals surface area contributed by atoms with E-state index >= 15 is 0 Å². The molecule has 1 heterocycles. The third-order valence-electron chi connectivity index (χ3n) is 5.24. The number of ether oxygens (including phenoxy) is 1. The molecule has 154 valence electrons. The minimum absolute atomic E-state index is 0.0176. The number of methoxy groups -OCH3 is 1. The van der Waals surface area contributed by atoms with Crippen LogP contribution in [0.4, 0.5) is 5.69 Å². The first-order chi connectivity index (χ1) is 13.9. The maximum atomic E-state index is 12.3. The van der Waals surface area contributed by atoms with E-state index in [1.807, 2.05) is 6.07 Å². The average Bonchev–Trinajstić information content (AvgIpc) is 2.70. The number of piperazine rings is 1. The van der Waals surface area contributed by atoms with E-state index in [9.17, 15) is 9.59 Å². The number of Topliss-reactive ketones (excluding diaryl/α,β-unsaturated/α-hetero) is 1. The lowest BCUT2D eigenvalue weighted by Gasteiger charge is -2.34. The summed E-state index contributed by atoms with van der Waals surface area (Å²) in [6, 6.07) is 13.3. The Hall–Kier alpha value is -2.70. The highest BCUT2D eigenvalue weighted by atomic mass is 16.5. The third-order valence-corrected chi connectivity index (χ3v) is 5.24. The molecule has 6 heteroatoms. The number of ketones is 1. The van der Waals surface area contributed by atoms with Gasteiger partial charge in [-0.05, 0) is 44.2 Å². The highest BCUT2D eigenvalue weighted by Crippen LogP contribution is 2.22. The Balaban J connectivity index is 1.46. The zero-order chi connectivity index (χ0) is 20.8. The monoisotopic (exact) mass is 395 g/mol. The quantitative estimate of drug-likeness (QED) is 0.731. The van der Waals surface area contributed by atoms with Crippen LogP contribution in [0, 0.1) is 6.92 Å². The van der Waals surface area contributed by atoms with Gasteiger partial charge in [-0.2, -0.15) is 0 Å². The van der Waals surface area contributed by atoms with Crippen molar-refractivity contribution in [3.63, 3.8) is 0 Å². The van der Waals surface area contributed by atoms with Gasteiger partial charge in [-0.1, -0.05) is 17.7 Å². The molecular weight excluding hydrogens is 366 g/mol. The Morgan fingerprint density at radius 2 is 1.66 bits per heavy atom. The van der Waals surface area contributed by atoms with Crippen molar-refractivity contribution < 1.29 is 14.3 Å². The van der Waals surface area contributed by atoms with Crippen molar-refractivity contribution in [2.45, 2.75) is 20.4 Å². The number of amides is 1. The zero-order valence-electron chi connectivity index (χ0n) is 17.4. The van der Waals surface area contributed by atoms with Gasteiger partial charge in [0.25, 0.3) is 0 Å². The summed E-state index contributed by atoms with van der Waals surface area (Å²) in [5.74, 6) is 0.909. The van der Waals surface area contributed by atoms with Gasteiger partial charge in [-0.3, -0.25) is 19.4 Å². The number of hydrogen-bond donors (Lipinski definition) is 1. The number of nitrogens with one attached hydrogen (secondary N) is 1. The normalized spacial score (nSPS) is 15.1. The van der Waals surface area contributed by atoms with Gasteiger partial charge in [0.05, 0.1) is 13.7 Å². The van der Waals surface area contributed by atoms with Crippen molar-refractivity contribution in [3.05, 3.63) is 59.2 Å². The molecule has 1 saturated heterocycles. The Morgan fingerprint density at radius 3 is 2.28 bits per heavy atom. The van der Waals surface area contributed by atoms with Crippen molar-refractivity contribution in [3.8, 4) is 5.75 Å². The summed E-state index contributed by atoms with van der Waals surface area (Å²) < 4.78 is 5.48. The third kappa shape index (κ3) is 5.89. The number of rotatable bonds is 7. The zero-order valence-corrected chi connectivity index (χ0v) is 17.4. The van der Waals surface area contributed by atoms with Crippen molar-refractivity contribution in [2.75, 3.05) is 45.2 Å². The van der Waals surface area contributed by atoms with Crippen LogP contribution < -0.4 is 10.1 Å². The summed E-state index contributed by atoms with van der Waals surface area (Å²) >= 11 is 0. The van der Waals surface area contributed by atoms with Gasteiger partial charge in [-0.25, -0.2) is 0 Å². The Bertz CT molecular complexity index is 856. The van der Waals surface area contributed by atoms with E-state index in [4.69, 9.17) is 4.74 Å². The molecule has 0 bridgehead atoms. The van der Waals surface area contributed by atoms with Crippen LogP contribution in [0.15, 0.2) is 42.5 Å². The van der Waals surface area contributed by atoms with Crippen LogP contribution in [-0.2, 0) is 11.3 Å². The minimum atomic E-state index is -0.0330. The molecule has 0 aromatic heterocycles. The van der Waals surface area contributed by atoms with Gasteiger partial charge < -0.3 is 10.1 Å². The molecule has 2 aromatic rings. The second-order valence-corrected chi connectivity index (χ2v) is 7.55. The fourth-order valence-corrected chi connectivity index (χ4v) is 3.57. The topological polar surface area (TPSA) is 61.9 Å². The SMILES string of the molecule is COc1ccc(C)cc1CN1CCN(CC(=O)Nc2ccc(C(C)=O)cc2)CC1. The van der Waals surface area contributed by atoms with Crippen LogP contribution >= 0.6 is 0 Å². The van der Waals surface area contributed by atoms with Crippen LogP contribution in [0.25, 0.3) is 0 Å². The molecule has 1 fully saturated rings. The number of aryl methyl sites for hydroxylation is 1. The van der Waals surface area contributed by atoms with Crippen molar-refractivity contribution in [1.29, 1.82) is 0 Å². The number of carbonyl (C=O) groups excluding carboxylic acids is 2. The Labute approximate surface area is 172 Å². The Kier molecular flexibility index (Phi) is 7.01. The summed E-state index contributed by atoms with van der Waals surface area (Å²) in [4.78, 5) is 28.2. The molecule has 0 saturated carbocycles. The molecule has 29 heavy (non-hydrogen) atoms. The van der Waals surface area contributed by atoms with Gasteiger partial charge in [0.2, 0.25) is 5.91 Å². The molecule has 0 radical (unpaired) electrons. The second kappa shape index (κ2) is 9.67. The maximum absolute atomic E-state index is 12.3. The minimum Gasteiger partial charge on any atom is -0.496 e. The summed E-state index contributed by atoms with van der Waals surface area (Å²) in [6.07, 6.45) is 0. The van der Waals surface area contributed by atoms with Crippen LogP contribution in [0.3, 0.4) is 0 Å². The molecule has 2 aromatic carbocycles. The van der Waals surface area contributed by atoms with E-state index in [-0.39, 0.29) is 11.7 Å². The number of carbonyl (C=O) groups is 2. The van der Waals surface area contributed by atoms with Gasteiger partial charge in [0.15, 0.2) is 5.78 Å². The van der Waals surface area contributed by atoms with E-state index in [1.165, 1.54) is 18.1 Å². The molecule has 1 aliphatic rings. The first kappa shape index (κ1) is 21.0. The molecule has 1 amide bonds. The van der Waals surface area contributed by atoms with Crippen molar-refractivity contribution in [1.82, 2.24) is 9.80 Å². The number of hydrogen-bond acceptors (Lipinski definition) is 5. The Morgan fingerprint density at radius 1 is 1.00 bits per heavy atom. The lowest BCUT2D eigenvalue weighted by Crippen LogP contribution is -2.48. The van der Waals surface area contributed by atoms with Gasteiger partial charge in [0.1, 0.15) is 5.75 Å². The first-order valence-electron chi connectivity index (χ1n) is 9.93. The second-order valence-electron chi connectivity index (χ2n) is 7.55.